The first kappa shape index (κ1) is 32.4. The van der Waals surface area contributed by atoms with Crippen molar-refractivity contribution >= 4 is 11.9 Å². The predicted molar refractivity (Wildman–Crippen MR) is 157 cm³/mol. The summed E-state index contributed by atoms with van der Waals surface area (Å²) in [5.74, 6) is -0.464. The van der Waals surface area contributed by atoms with Gasteiger partial charge in [0.15, 0.2) is 5.76 Å². The molecule has 3 aliphatic heterocycles. The van der Waals surface area contributed by atoms with Gasteiger partial charge in [0.05, 0.1) is 39.1 Å². The van der Waals surface area contributed by atoms with Crippen molar-refractivity contribution in [3.8, 4) is 0 Å². The van der Waals surface area contributed by atoms with Gasteiger partial charge >= 0.3 is 5.97 Å². The van der Waals surface area contributed by atoms with Crippen LogP contribution in [-0.4, -0.2) is 112 Å². The predicted octanol–water partition coefficient (Wildman–Crippen LogP) is 3.34. The minimum absolute atomic E-state index is 0.0181. The van der Waals surface area contributed by atoms with E-state index in [4.69, 9.17) is 28.8 Å². The van der Waals surface area contributed by atoms with E-state index in [0.29, 0.717) is 63.3 Å². The molecule has 2 saturated heterocycles. The van der Waals surface area contributed by atoms with Crippen LogP contribution in [0.2, 0.25) is 0 Å². The van der Waals surface area contributed by atoms with Crippen molar-refractivity contribution in [3.05, 3.63) is 47.2 Å². The number of benzene rings is 1. The number of piperidine rings is 2. The number of carbonyl (C=O) groups is 2. The number of methoxy groups -OCH3 is 1. The second kappa shape index (κ2) is 17.0. The van der Waals surface area contributed by atoms with Gasteiger partial charge in [0.2, 0.25) is 6.29 Å². The van der Waals surface area contributed by atoms with Gasteiger partial charge in [0.1, 0.15) is 0 Å². The molecule has 0 unspecified atom stereocenters. The average Bonchev–Trinajstić information content (AvgIpc) is 3.04. The summed E-state index contributed by atoms with van der Waals surface area (Å²) in [4.78, 5) is 30.3. The Balaban J connectivity index is 1.49. The second-order valence-electron chi connectivity index (χ2n) is 11.1. The Morgan fingerprint density at radius 2 is 1.64 bits per heavy atom. The summed E-state index contributed by atoms with van der Waals surface area (Å²) in [6, 6.07) is 7.86. The fourth-order valence-electron chi connectivity index (χ4n) is 6.25. The topological polar surface area (TPSA) is 107 Å². The SMILES string of the molecule is CCO[C@H]1OC(C(=O)N2CCC(N3CCCCC3)CC2)=C[C@@H](c2ccc(C(=O)OC)cc2)[C@H]1CCOCCOCCO. The van der Waals surface area contributed by atoms with Crippen LogP contribution in [0.1, 0.15) is 67.3 Å². The van der Waals surface area contributed by atoms with Crippen LogP contribution in [0.4, 0.5) is 0 Å². The highest BCUT2D eigenvalue weighted by Gasteiger charge is 2.40. The number of ether oxygens (including phenoxy) is 5. The molecule has 10 nitrogen and oxygen atoms in total. The molecule has 1 aromatic carbocycles. The molecule has 3 aliphatic rings. The summed E-state index contributed by atoms with van der Waals surface area (Å²) in [6.45, 7) is 7.67. The van der Waals surface area contributed by atoms with E-state index >= 15 is 0 Å². The van der Waals surface area contributed by atoms with Crippen molar-refractivity contribution in [1.82, 2.24) is 9.80 Å². The molecule has 3 atom stereocenters. The van der Waals surface area contributed by atoms with Gasteiger partial charge in [-0.25, -0.2) is 4.79 Å². The zero-order valence-electron chi connectivity index (χ0n) is 25.2. The first-order valence-corrected chi connectivity index (χ1v) is 15.5. The van der Waals surface area contributed by atoms with E-state index in [0.717, 1.165) is 18.4 Å². The molecule has 0 aromatic heterocycles. The Labute approximate surface area is 249 Å². The minimum Gasteiger partial charge on any atom is -0.465 e. The lowest BCUT2D eigenvalue weighted by molar-refractivity contribution is -0.172. The lowest BCUT2D eigenvalue weighted by Gasteiger charge is -2.41. The Morgan fingerprint density at radius 3 is 2.29 bits per heavy atom. The van der Waals surface area contributed by atoms with Gasteiger partial charge in [-0.2, -0.15) is 0 Å². The lowest BCUT2D eigenvalue weighted by atomic mass is 9.81. The van der Waals surface area contributed by atoms with E-state index in [-0.39, 0.29) is 31.0 Å². The number of carbonyl (C=O) groups excluding carboxylic acids is 2. The highest BCUT2D eigenvalue weighted by atomic mass is 16.7. The number of hydrogen-bond acceptors (Lipinski definition) is 9. The molecule has 42 heavy (non-hydrogen) atoms. The average molecular weight is 589 g/mol. The van der Waals surface area contributed by atoms with Gasteiger partial charge in [-0.3, -0.25) is 4.79 Å². The third-order valence-corrected chi connectivity index (χ3v) is 8.51. The molecule has 0 spiro atoms. The number of aliphatic hydroxyl groups is 1. The van der Waals surface area contributed by atoms with Crippen molar-refractivity contribution < 1.29 is 38.4 Å². The summed E-state index contributed by atoms with van der Waals surface area (Å²) in [6.07, 6.45) is 7.75. The first-order valence-electron chi connectivity index (χ1n) is 15.5. The van der Waals surface area contributed by atoms with Crippen LogP contribution < -0.4 is 0 Å². The molecule has 3 heterocycles. The number of rotatable bonds is 14. The van der Waals surface area contributed by atoms with Gasteiger partial charge < -0.3 is 38.6 Å². The Kier molecular flexibility index (Phi) is 13.1. The monoisotopic (exact) mass is 588 g/mol. The molecular weight excluding hydrogens is 540 g/mol. The molecule has 0 saturated carbocycles. The minimum atomic E-state index is -0.621. The maximum Gasteiger partial charge on any atom is 0.337 e. The highest BCUT2D eigenvalue weighted by Crippen LogP contribution is 2.39. The third kappa shape index (κ3) is 8.76. The number of likely N-dealkylation sites (tertiary alicyclic amines) is 2. The maximum atomic E-state index is 13.8. The van der Waals surface area contributed by atoms with Crippen molar-refractivity contribution in [2.75, 3.05) is 72.9 Å². The van der Waals surface area contributed by atoms with Crippen molar-refractivity contribution in [3.63, 3.8) is 0 Å². The summed E-state index contributed by atoms with van der Waals surface area (Å²) < 4.78 is 28.3. The van der Waals surface area contributed by atoms with Crippen molar-refractivity contribution in [1.29, 1.82) is 0 Å². The Morgan fingerprint density at radius 1 is 0.952 bits per heavy atom. The number of nitrogens with zero attached hydrogens (tertiary/aromatic N) is 2. The molecule has 10 heteroatoms. The van der Waals surface area contributed by atoms with Crippen LogP contribution in [0, 0.1) is 5.92 Å². The van der Waals surface area contributed by atoms with E-state index in [1.165, 1.54) is 39.5 Å². The smallest absolute Gasteiger partial charge is 0.337 e. The number of esters is 1. The molecule has 1 N–H and O–H groups in total. The Bertz CT molecular complexity index is 1000. The number of aliphatic hydroxyl groups excluding tert-OH is 1. The fourth-order valence-corrected chi connectivity index (χ4v) is 6.25. The molecule has 0 bridgehead atoms. The van der Waals surface area contributed by atoms with Crippen molar-refractivity contribution in [2.24, 2.45) is 5.92 Å². The third-order valence-electron chi connectivity index (χ3n) is 8.51. The van der Waals surface area contributed by atoms with Gasteiger partial charge in [0, 0.05) is 44.2 Å². The normalized spacial score (nSPS) is 23.7. The molecule has 2 fully saturated rings. The van der Waals surface area contributed by atoms with E-state index in [1.54, 1.807) is 12.1 Å². The van der Waals surface area contributed by atoms with Crippen LogP contribution in [0.25, 0.3) is 0 Å². The molecular formula is C32H48N2O8. The number of amides is 1. The fraction of sp³-hybridized carbons (Fsp3) is 0.688. The molecule has 4 rings (SSSR count). The largest absolute Gasteiger partial charge is 0.465 e. The summed E-state index contributed by atoms with van der Waals surface area (Å²) >= 11 is 0. The van der Waals surface area contributed by atoms with Crippen LogP contribution in [0.15, 0.2) is 36.1 Å². The van der Waals surface area contributed by atoms with Crippen LogP contribution >= 0.6 is 0 Å². The maximum absolute atomic E-state index is 13.8. The number of hydrogen-bond donors (Lipinski definition) is 1. The Hall–Kier alpha value is -2.50. The standard InChI is InChI=1S/C32H48N2O8/c1-3-41-32-27(13-19-39-21-22-40-20-18-35)28(24-7-9-25(10-8-24)31(37)38-2)23-29(42-32)30(36)34-16-11-26(12-17-34)33-14-5-4-6-15-33/h7-10,23,26-28,32,35H,3-6,11-22H2,1-2H3/t27-,28+,32+/m1/s1. The summed E-state index contributed by atoms with van der Waals surface area (Å²) in [5, 5.41) is 8.87. The van der Waals surface area contributed by atoms with E-state index in [9.17, 15) is 9.59 Å². The van der Waals surface area contributed by atoms with Gasteiger partial charge in [0.25, 0.3) is 5.91 Å². The van der Waals surface area contributed by atoms with Crippen LogP contribution in [0.5, 0.6) is 0 Å². The van der Waals surface area contributed by atoms with Gasteiger partial charge in [-0.05, 0) is 75.9 Å². The molecule has 0 aliphatic carbocycles. The summed E-state index contributed by atoms with van der Waals surface area (Å²) in [7, 11) is 1.36. The lowest BCUT2D eigenvalue weighted by Crippen LogP contribution is -2.49. The summed E-state index contributed by atoms with van der Waals surface area (Å²) in [5.41, 5.74) is 1.43. The second-order valence-corrected chi connectivity index (χ2v) is 11.1. The first-order chi connectivity index (χ1) is 20.5. The van der Waals surface area contributed by atoms with Gasteiger partial charge in [-0.15, -0.1) is 0 Å². The van der Waals surface area contributed by atoms with Crippen LogP contribution in [-0.2, 0) is 28.5 Å². The highest BCUT2D eigenvalue weighted by molar-refractivity contribution is 5.92. The molecule has 0 radical (unpaired) electrons. The zero-order chi connectivity index (χ0) is 29.7. The zero-order valence-corrected chi connectivity index (χ0v) is 25.2. The van der Waals surface area contributed by atoms with Crippen LogP contribution in [0.3, 0.4) is 0 Å². The van der Waals surface area contributed by atoms with E-state index in [2.05, 4.69) is 4.90 Å². The number of allylic oxidation sites excluding steroid dienone is 1. The van der Waals surface area contributed by atoms with Crippen molar-refractivity contribution in [2.45, 2.75) is 63.7 Å². The molecule has 234 valence electrons. The van der Waals surface area contributed by atoms with Gasteiger partial charge in [-0.1, -0.05) is 18.6 Å². The van der Waals surface area contributed by atoms with E-state index < -0.39 is 12.3 Å². The van der Waals surface area contributed by atoms with E-state index in [1.807, 2.05) is 30.0 Å². The molecule has 1 aromatic rings. The quantitative estimate of drug-likeness (QED) is 0.259. The molecule has 1 amide bonds.